The molecule has 21 heavy (non-hydrogen) atoms. The van der Waals surface area contributed by atoms with E-state index < -0.39 is 9.05 Å². The van der Waals surface area contributed by atoms with Crippen LogP contribution in [0.4, 0.5) is 0 Å². The third-order valence-corrected chi connectivity index (χ3v) is 5.39. The average molecular weight is 329 g/mol. The predicted molar refractivity (Wildman–Crippen MR) is 79.9 cm³/mol. The Bertz CT molecular complexity index is 641. The van der Waals surface area contributed by atoms with E-state index in [0.717, 1.165) is 25.6 Å². The van der Waals surface area contributed by atoms with Crippen molar-refractivity contribution in [1.29, 1.82) is 0 Å². The summed E-state index contributed by atoms with van der Waals surface area (Å²) in [5.74, 6) is -0.170. The van der Waals surface area contributed by atoms with Gasteiger partial charge in [-0.3, -0.25) is 9.69 Å². The van der Waals surface area contributed by atoms with E-state index in [9.17, 15) is 13.2 Å². The van der Waals surface area contributed by atoms with Crippen molar-refractivity contribution >= 4 is 25.6 Å². The topological polar surface area (TPSA) is 66.5 Å². The van der Waals surface area contributed by atoms with E-state index in [1.807, 2.05) is 0 Å². The van der Waals surface area contributed by atoms with E-state index in [0.29, 0.717) is 5.56 Å². The van der Waals surface area contributed by atoms with Gasteiger partial charge < -0.3 is 5.32 Å². The summed E-state index contributed by atoms with van der Waals surface area (Å²) in [5, 5.41) is 3.00. The first-order chi connectivity index (χ1) is 9.93. The summed E-state index contributed by atoms with van der Waals surface area (Å²) in [6.45, 7) is 1.95. The SMILES string of the molecule is O=C(NC1CCN(C2CC2)C1)c1ccc(S(=O)(=O)Cl)cc1. The molecule has 1 amide bonds. The zero-order chi connectivity index (χ0) is 15.0. The van der Waals surface area contributed by atoms with E-state index in [-0.39, 0.29) is 16.8 Å². The van der Waals surface area contributed by atoms with Crippen LogP contribution >= 0.6 is 10.7 Å². The van der Waals surface area contributed by atoms with Crippen molar-refractivity contribution in [2.45, 2.75) is 36.2 Å². The third-order valence-electron chi connectivity index (χ3n) is 4.02. The van der Waals surface area contributed by atoms with Crippen molar-refractivity contribution in [3.63, 3.8) is 0 Å². The second-order valence-electron chi connectivity index (χ2n) is 5.65. The number of rotatable bonds is 4. The first kappa shape index (κ1) is 14.8. The fourth-order valence-electron chi connectivity index (χ4n) is 2.71. The molecule has 0 aromatic heterocycles. The Balaban J connectivity index is 1.60. The van der Waals surface area contributed by atoms with Crippen molar-refractivity contribution < 1.29 is 13.2 Å². The molecule has 114 valence electrons. The number of halogens is 1. The molecule has 1 heterocycles. The molecule has 1 aliphatic carbocycles. The molecule has 7 heteroatoms. The van der Waals surface area contributed by atoms with Gasteiger partial charge in [0.25, 0.3) is 15.0 Å². The van der Waals surface area contributed by atoms with Crippen LogP contribution in [0.2, 0.25) is 0 Å². The molecule has 1 unspecified atom stereocenters. The molecule has 5 nitrogen and oxygen atoms in total. The van der Waals surface area contributed by atoms with Gasteiger partial charge in [0.05, 0.1) is 4.90 Å². The number of amides is 1. The predicted octanol–water partition coefficient (Wildman–Crippen LogP) is 1.58. The van der Waals surface area contributed by atoms with Gasteiger partial charge in [-0.15, -0.1) is 0 Å². The Hall–Kier alpha value is -1.11. The van der Waals surface area contributed by atoms with Gasteiger partial charge in [0.1, 0.15) is 0 Å². The number of nitrogens with one attached hydrogen (secondary N) is 1. The smallest absolute Gasteiger partial charge is 0.261 e. The maximum atomic E-state index is 12.1. The van der Waals surface area contributed by atoms with Crippen molar-refractivity contribution in [3.05, 3.63) is 29.8 Å². The van der Waals surface area contributed by atoms with Gasteiger partial charge in [0.2, 0.25) is 0 Å². The van der Waals surface area contributed by atoms with Crippen LogP contribution in [0.3, 0.4) is 0 Å². The molecule has 3 rings (SSSR count). The lowest BCUT2D eigenvalue weighted by atomic mass is 10.2. The molecule has 1 saturated heterocycles. The number of nitrogens with zero attached hydrogens (tertiary/aromatic N) is 1. The highest BCUT2D eigenvalue weighted by molar-refractivity contribution is 8.13. The molecule has 1 aromatic carbocycles. The Kier molecular flexibility index (Phi) is 3.94. The second-order valence-corrected chi connectivity index (χ2v) is 8.21. The van der Waals surface area contributed by atoms with Gasteiger partial charge >= 0.3 is 0 Å². The van der Waals surface area contributed by atoms with Crippen LogP contribution < -0.4 is 5.32 Å². The Morgan fingerprint density at radius 2 is 1.86 bits per heavy atom. The molecule has 2 fully saturated rings. The number of carbonyl (C=O) groups is 1. The molecule has 1 aromatic rings. The molecule has 1 N–H and O–H groups in total. The zero-order valence-electron chi connectivity index (χ0n) is 11.5. The summed E-state index contributed by atoms with van der Waals surface area (Å²) in [7, 11) is 1.50. The second kappa shape index (κ2) is 5.59. The Morgan fingerprint density at radius 3 is 2.43 bits per heavy atom. The summed E-state index contributed by atoms with van der Waals surface area (Å²) in [6, 6.07) is 6.57. The summed E-state index contributed by atoms with van der Waals surface area (Å²) in [4.78, 5) is 14.6. The normalized spacial score (nSPS) is 23.2. The number of hydrogen-bond acceptors (Lipinski definition) is 4. The van der Waals surface area contributed by atoms with Crippen LogP contribution in [0.25, 0.3) is 0 Å². The fourth-order valence-corrected chi connectivity index (χ4v) is 3.48. The zero-order valence-corrected chi connectivity index (χ0v) is 13.0. The molecular formula is C14H17ClN2O3S. The van der Waals surface area contributed by atoms with Crippen molar-refractivity contribution in [3.8, 4) is 0 Å². The van der Waals surface area contributed by atoms with Crippen LogP contribution in [-0.2, 0) is 9.05 Å². The molecule has 1 atom stereocenters. The van der Waals surface area contributed by atoms with E-state index >= 15 is 0 Å². The largest absolute Gasteiger partial charge is 0.348 e. The van der Waals surface area contributed by atoms with Crippen molar-refractivity contribution in [1.82, 2.24) is 10.2 Å². The Morgan fingerprint density at radius 1 is 1.19 bits per heavy atom. The van der Waals surface area contributed by atoms with E-state index in [1.54, 1.807) is 0 Å². The highest BCUT2D eigenvalue weighted by Gasteiger charge is 2.34. The van der Waals surface area contributed by atoms with Crippen LogP contribution in [0.15, 0.2) is 29.2 Å². The minimum atomic E-state index is -3.74. The molecular weight excluding hydrogens is 312 g/mol. The van der Waals surface area contributed by atoms with Gasteiger partial charge in [0, 0.05) is 41.4 Å². The first-order valence-electron chi connectivity index (χ1n) is 7.03. The average Bonchev–Trinajstić information content (AvgIpc) is 3.19. The lowest BCUT2D eigenvalue weighted by Crippen LogP contribution is -2.37. The molecule has 0 radical (unpaired) electrons. The van der Waals surface area contributed by atoms with Crippen molar-refractivity contribution in [2.75, 3.05) is 13.1 Å². The molecule has 0 spiro atoms. The highest BCUT2D eigenvalue weighted by atomic mass is 35.7. The minimum Gasteiger partial charge on any atom is -0.348 e. The summed E-state index contributed by atoms with van der Waals surface area (Å²) < 4.78 is 22.3. The monoisotopic (exact) mass is 328 g/mol. The lowest BCUT2D eigenvalue weighted by Gasteiger charge is -2.15. The van der Waals surface area contributed by atoms with E-state index in [2.05, 4.69) is 10.2 Å². The molecule has 0 bridgehead atoms. The Labute approximate surface area is 128 Å². The lowest BCUT2D eigenvalue weighted by molar-refractivity contribution is 0.0937. The van der Waals surface area contributed by atoms with Crippen LogP contribution in [0.5, 0.6) is 0 Å². The van der Waals surface area contributed by atoms with Gasteiger partial charge in [-0.05, 0) is 43.5 Å². The maximum Gasteiger partial charge on any atom is 0.261 e. The fraction of sp³-hybridized carbons (Fsp3) is 0.500. The highest BCUT2D eigenvalue weighted by Crippen LogP contribution is 2.29. The minimum absolute atomic E-state index is 0.00138. The number of hydrogen-bond donors (Lipinski definition) is 1. The standard InChI is InChI=1S/C14H17ClN2O3S/c15-21(19,20)13-5-1-10(2-6-13)14(18)16-11-7-8-17(9-11)12-3-4-12/h1-2,5-6,11-12H,3-4,7-9H2,(H,16,18). The number of benzene rings is 1. The van der Waals surface area contributed by atoms with Gasteiger partial charge in [-0.25, -0.2) is 8.42 Å². The van der Waals surface area contributed by atoms with Gasteiger partial charge in [-0.2, -0.15) is 0 Å². The summed E-state index contributed by atoms with van der Waals surface area (Å²) in [5.41, 5.74) is 0.448. The molecule has 2 aliphatic rings. The quantitative estimate of drug-likeness (QED) is 0.852. The van der Waals surface area contributed by atoms with Gasteiger partial charge in [0.15, 0.2) is 0 Å². The third kappa shape index (κ3) is 3.56. The van der Waals surface area contributed by atoms with Crippen LogP contribution in [-0.4, -0.2) is 44.4 Å². The van der Waals surface area contributed by atoms with Gasteiger partial charge in [-0.1, -0.05) is 0 Å². The van der Waals surface area contributed by atoms with Crippen molar-refractivity contribution in [2.24, 2.45) is 0 Å². The molecule has 1 aliphatic heterocycles. The molecule has 1 saturated carbocycles. The van der Waals surface area contributed by atoms with Crippen LogP contribution in [0.1, 0.15) is 29.6 Å². The summed E-state index contributed by atoms with van der Waals surface area (Å²) in [6.07, 6.45) is 3.51. The number of likely N-dealkylation sites (tertiary alicyclic amines) is 1. The number of carbonyl (C=O) groups excluding carboxylic acids is 1. The maximum absolute atomic E-state index is 12.1. The van der Waals surface area contributed by atoms with Crippen LogP contribution in [0, 0.1) is 0 Å². The van der Waals surface area contributed by atoms with E-state index in [4.69, 9.17) is 10.7 Å². The first-order valence-corrected chi connectivity index (χ1v) is 9.34. The summed E-state index contributed by atoms with van der Waals surface area (Å²) >= 11 is 0. The van der Waals surface area contributed by atoms with E-state index in [1.165, 1.54) is 37.1 Å².